The molecule has 1 spiro atoms. The van der Waals surface area contributed by atoms with Gasteiger partial charge < -0.3 is 4.74 Å². The van der Waals surface area contributed by atoms with Crippen molar-refractivity contribution in [2.75, 3.05) is 0 Å². The minimum Gasteiger partial charge on any atom is -0.467 e. The number of nitrogens with zero attached hydrogens (tertiary/aromatic N) is 1. The zero-order valence-corrected chi connectivity index (χ0v) is 7.36. The molecular weight excluding hydrogens is 178 g/mol. The van der Waals surface area contributed by atoms with Crippen LogP contribution in [-0.4, -0.2) is 5.78 Å². The second kappa shape index (κ2) is 2.16. The van der Waals surface area contributed by atoms with Crippen molar-refractivity contribution in [1.29, 1.82) is 5.26 Å². The highest BCUT2D eigenvalue weighted by Crippen LogP contribution is 2.63. The summed E-state index contributed by atoms with van der Waals surface area (Å²) in [5.41, 5.74) is -0.367. The average molecular weight is 185 g/mol. The van der Waals surface area contributed by atoms with E-state index >= 15 is 0 Å². The molecule has 3 heteroatoms. The van der Waals surface area contributed by atoms with Crippen molar-refractivity contribution in [2.24, 2.45) is 11.3 Å². The summed E-state index contributed by atoms with van der Waals surface area (Å²) in [4.78, 5) is 11.9. The molecule has 68 valence electrons. The van der Waals surface area contributed by atoms with E-state index in [0.717, 1.165) is 6.42 Å². The third-order valence-electron chi connectivity index (χ3n) is 3.12. The molecule has 2 atom stereocenters. The average Bonchev–Trinajstić information content (AvgIpc) is 2.93. The van der Waals surface area contributed by atoms with Crippen molar-refractivity contribution < 1.29 is 9.53 Å². The van der Waals surface area contributed by atoms with Gasteiger partial charge in [-0.1, -0.05) is 12.2 Å². The number of ether oxygens (including phenoxy) is 1. The third-order valence-corrected chi connectivity index (χ3v) is 3.12. The Balaban J connectivity index is 2.14. The van der Waals surface area contributed by atoms with E-state index in [1.165, 1.54) is 6.26 Å². The summed E-state index contributed by atoms with van der Waals surface area (Å²) in [5.74, 6) is 0.868. The lowest BCUT2D eigenvalue weighted by Crippen LogP contribution is -2.27. The van der Waals surface area contributed by atoms with Gasteiger partial charge in [0.25, 0.3) is 0 Å². The molecule has 1 aliphatic heterocycles. The Kier molecular flexibility index (Phi) is 1.17. The summed E-state index contributed by atoms with van der Waals surface area (Å²) in [7, 11) is 0. The van der Waals surface area contributed by atoms with Crippen LogP contribution in [0.4, 0.5) is 0 Å². The highest BCUT2D eigenvalue weighted by atomic mass is 16.5. The first-order chi connectivity index (χ1) is 6.79. The molecule has 0 aromatic heterocycles. The van der Waals surface area contributed by atoms with Gasteiger partial charge in [0.1, 0.15) is 23.7 Å². The molecular formula is C11H7NO2. The van der Waals surface area contributed by atoms with E-state index < -0.39 is 5.41 Å². The number of nitriles is 1. The first kappa shape index (κ1) is 7.57. The van der Waals surface area contributed by atoms with E-state index in [-0.39, 0.29) is 17.3 Å². The zero-order chi connectivity index (χ0) is 9.76. The Hall–Kier alpha value is -1.82. The summed E-state index contributed by atoms with van der Waals surface area (Å²) in [5, 5.41) is 8.73. The lowest BCUT2D eigenvalue weighted by molar-refractivity contribution is -0.121. The van der Waals surface area contributed by atoms with Gasteiger partial charge in [-0.3, -0.25) is 4.79 Å². The van der Waals surface area contributed by atoms with Crippen molar-refractivity contribution in [1.82, 2.24) is 0 Å². The summed E-state index contributed by atoms with van der Waals surface area (Å²) in [6.07, 6.45) is 7.77. The fourth-order valence-corrected chi connectivity index (χ4v) is 2.24. The summed E-state index contributed by atoms with van der Waals surface area (Å²) in [6, 6.07) is 1.87. The molecule has 0 bridgehead atoms. The molecule has 3 nitrogen and oxygen atoms in total. The second-order valence-electron chi connectivity index (χ2n) is 3.79. The zero-order valence-electron chi connectivity index (χ0n) is 7.36. The number of hydrogen-bond donors (Lipinski definition) is 0. The minimum atomic E-state index is -0.505. The maximum absolute atomic E-state index is 11.9. The predicted octanol–water partition coefficient (Wildman–Crippen LogP) is 1.45. The van der Waals surface area contributed by atoms with Crippen molar-refractivity contribution in [3.63, 3.8) is 0 Å². The number of carbonyl (C=O) groups excluding carboxylic acids is 1. The predicted molar refractivity (Wildman–Crippen MR) is 47.6 cm³/mol. The Labute approximate surface area is 81.0 Å². The fourth-order valence-electron chi connectivity index (χ4n) is 2.24. The lowest BCUT2D eigenvalue weighted by Gasteiger charge is -2.23. The monoisotopic (exact) mass is 185 g/mol. The molecule has 0 radical (unpaired) electrons. The van der Waals surface area contributed by atoms with Crippen LogP contribution < -0.4 is 0 Å². The molecule has 3 rings (SSSR count). The topological polar surface area (TPSA) is 50.1 Å². The van der Waals surface area contributed by atoms with Gasteiger partial charge in [0, 0.05) is 0 Å². The summed E-state index contributed by atoms with van der Waals surface area (Å²) >= 11 is 0. The van der Waals surface area contributed by atoms with Crippen molar-refractivity contribution >= 4 is 5.78 Å². The van der Waals surface area contributed by atoms with E-state index in [2.05, 4.69) is 0 Å². The first-order valence-corrected chi connectivity index (χ1v) is 4.50. The van der Waals surface area contributed by atoms with Crippen LogP contribution in [0.5, 0.6) is 0 Å². The Morgan fingerprint density at radius 2 is 2.50 bits per heavy atom. The maximum Gasteiger partial charge on any atom is 0.190 e. The van der Waals surface area contributed by atoms with Crippen molar-refractivity contribution in [3.8, 4) is 6.07 Å². The van der Waals surface area contributed by atoms with Gasteiger partial charge in [-0.2, -0.15) is 5.26 Å². The van der Waals surface area contributed by atoms with Crippen LogP contribution >= 0.6 is 0 Å². The fraction of sp³-hybridized carbons (Fsp3) is 0.273. The Morgan fingerprint density at radius 1 is 1.64 bits per heavy atom. The van der Waals surface area contributed by atoms with Crippen LogP contribution in [0.15, 0.2) is 35.8 Å². The van der Waals surface area contributed by atoms with E-state index in [9.17, 15) is 4.79 Å². The molecule has 1 saturated carbocycles. The largest absolute Gasteiger partial charge is 0.467 e. The molecule has 3 aliphatic rings. The van der Waals surface area contributed by atoms with Crippen LogP contribution in [0, 0.1) is 22.7 Å². The number of allylic oxidation sites excluding steroid dienone is 5. The van der Waals surface area contributed by atoms with E-state index in [4.69, 9.17) is 10.00 Å². The van der Waals surface area contributed by atoms with E-state index in [0.29, 0.717) is 5.76 Å². The van der Waals surface area contributed by atoms with Crippen LogP contribution in [0.3, 0.4) is 0 Å². The van der Waals surface area contributed by atoms with Crippen LogP contribution in [0.25, 0.3) is 0 Å². The number of ketones is 1. The van der Waals surface area contributed by atoms with E-state index in [1.54, 1.807) is 0 Å². The quantitative estimate of drug-likeness (QED) is 0.574. The molecule has 0 saturated heterocycles. The van der Waals surface area contributed by atoms with Gasteiger partial charge in [0.05, 0.1) is 5.41 Å². The third kappa shape index (κ3) is 0.655. The summed E-state index contributed by atoms with van der Waals surface area (Å²) < 4.78 is 5.30. The molecule has 1 fully saturated rings. The Bertz CT molecular complexity index is 464. The standard InChI is InChI=1S/C11H7NO2/c12-5-7-6-14-9-3-1-2-8-4-11(8,9)10(7)13/h1-3,6,8H,4H2. The number of Topliss-reactive ketones (excluding diaryl/α,β-unsaturated/α-hetero) is 1. The first-order valence-electron chi connectivity index (χ1n) is 4.50. The van der Waals surface area contributed by atoms with Crippen molar-refractivity contribution in [2.45, 2.75) is 6.42 Å². The van der Waals surface area contributed by atoms with Gasteiger partial charge in [0.2, 0.25) is 0 Å². The number of rotatable bonds is 0. The SMILES string of the molecule is N#CC1=COC2=CC=CC3CC23C1=O. The molecule has 14 heavy (non-hydrogen) atoms. The highest BCUT2D eigenvalue weighted by Gasteiger charge is 2.65. The maximum atomic E-state index is 11.9. The lowest BCUT2D eigenvalue weighted by atomic mass is 9.87. The van der Waals surface area contributed by atoms with Gasteiger partial charge in [-0.05, 0) is 18.4 Å². The smallest absolute Gasteiger partial charge is 0.190 e. The summed E-state index contributed by atoms with van der Waals surface area (Å²) in [6.45, 7) is 0. The minimum absolute atomic E-state index is 0.0770. The molecule has 2 unspecified atom stereocenters. The second-order valence-corrected chi connectivity index (χ2v) is 3.79. The Morgan fingerprint density at radius 3 is 3.29 bits per heavy atom. The van der Waals surface area contributed by atoms with Crippen LogP contribution in [-0.2, 0) is 9.53 Å². The van der Waals surface area contributed by atoms with Gasteiger partial charge >= 0.3 is 0 Å². The molecule has 0 aromatic rings. The van der Waals surface area contributed by atoms with Crippen LogP contribution in [0.1, 0.15) is 6.42 Å². The molecule has 0 N–H and O–H groups in total. The highest BCUT2D eigenvalue weighted by molar-refractivity contribution is 6.08. The van der Waals surface area contributed by atoms with Crippen molar-refractivity contribution in [3.05, 3.63) is 35.8 Å². The number of hydrogen-bond acceptors (Lipinski definition) is 3. The normalized spacial score (nSPS) is 37.1. The van der Waals surface area contributed by atoms with Gasteiger partial charge in [-0.25, -0.2) is 0 Å². The van der Waals surface area contributed by atoms with Gasteiger partial charge in [-0.15, -0.1) is 0 Å². The van der Waals surface area contributed by atoms with E-state index in [1.807, 2.05) is 24.3 Å². The molecule has 0 aromatic carbocycles. The number of carbonyl (C=O) groups is 1. The molecule has 0 amide bonds. The molecule has 1 heterocycles. The van der Waals surface area contributed by atoms with Gasteiger partial charge in [0.15, 0.2) is 5.78 Å². The molecule has 2 aliphatic carbocycles. The van der Waals surface area contributed by atoms with Crippen LogP contribution in [0.2, 0.25) is 0 Å².